The molecule has 22 heteroatoms. The molecule has 2 amide bonds. The van der Waals surface area contributed by atoms with Crippen molar-refractivity contribution in [3.63, 3.8) is 0 Å². The average Bonchev–Trinajstić information content (AvgIpc) is 4.10. The van der Waals surface area contributed by atoms with E-state index in [-0.39, 0.29) is 45.0 Å². The number of aromatic nitrogens is 3. The van der Waals surface area contributed by atoms with Crippen LogP contribution < -0.4 is 5.73 Å². The number of nitrogens with two attached hydrogens (primary N) is 1. The molecule has 19 nitrogen and oxygen atoms in total. The zero-order valence-corrected chi connectivity index (χ0v) is 43.5. The van der Waals surface area contributed by atoms with Crippen LogP contribution >= 0.6 is 18.9 Å². The van der Waals surface area contributed by atoms with E-state index in [0.717, 1.165) is 67.2 Å². The fraction of sp³-hybridized carbons (Fsp3) is 0.467. The number of likely N-dealkylation sites (tertiary alicyclic amines) is 2. The van der Waals surface area contributed by atoms with Crippen molar-refractivity contribution >= 4 is 59.4 Å². The van der Waals surface area contributed by atoms with E-state index in [2.05, 4.69) is 61.6 Å². The van der Waals surface area contributed by atoms with Gasteiger partial charge in [0.25, 0.3) is 5.91 Å². The molecule has 6 heterocycles. The van der Waals surface area contributed by atoms with Crippen LogP contribution in [0.15, 0.2) is 79.5 Å². The molecule has 2 saturated heterocycles. The van der Waals surface area contributed by atoms with Crippen LogP contribution in [0.25, 0.3) is 15.7 Å². The molecule has 5 aromatic rings. The number of hydrogen-bond donors (Lipinski definition) is 3. The molecule has 1 radical (unpaired) electrons. The molecule has 7 rings (SSSR count). The monoisotopic (exact) mass is 1050 g/mol. The van der Waals surface area contributed by atoms with Crippen LogP contribution in [0, 0.1) is 0 Å². The summed E-state index contributed by atoms with van der Waals surface area (Å²) in [4.78, 5) is 61.8. The first kappa shape index (κ1) is 59.1. The van der Waals surface area contributed by atoms with Crippen molar-refractivity contribution in [2.24, 2.45) is 5.73 Å². The third-order valence-electron chi connectivity index (χ3n) is 9.98. The number of aliphatic hydroxyl groups excluding tert-OH is 1. The second-order valence-corrected chi connectivity index (χ2v) is 18.4. The molecule has 2 fully saturated rings. The van der Waals surface area contributed by atoms with E-state index in [0.29, 0.717) is 29.4 Å². The summed E-state index contributed by atoms with van der Waals surface area (Å²) >= 11 is 1.25. The number of carbonyl (C=O) groups excluding carboxylic acids is 4. The molecule has 4 N–H and O–H groups in total. The Balaban J connectivity index is 0.000000342. The van der Waals surface area contributed by atoms with Crippen molar-refractivity contribution in [1.29, 1.82) is 0 Å². The van der Waals surface area contributed by atoms with Gasteiger partial charge in [-0.1, -0.05) is 19.1 Å². The molecule has 4 aromatic heterocycles. The number of carbonyl (C=O) groups is 4. The summed E-state index contributed by atoms with van der Waals surface area (Å²) in [7, 11) is -1.65. The van der Waals surface area contributed by atoms with Crippen LogP contribution in [-0.2, 0) is 83.0 Å². The number of amides is 2. The van der Waals surface area contributed by atoms with E-state index in [9.17, 15) is 18.9 Å². The number of nitrogens with zero attached hydrogens (tertiary/aromatic N) is 6. The van der Waals surface area contributed by atoms with Crippen LogP contribution in [0.1, 0.15) is 79.2 Å². The van der Waals surface area contributed by atoms with Crippen molar-refractivity contribution < 1.29 is 90.2 Å². The Morgan fingerprint density at radius 3 is 2.33 bits per heavy atom. The molecule has 2 aliphatic rings. The number of imidazole rings is 1. The number of pyridine rings is 2. The maximum Gasteiger partial charge on any atom is 0.510 e. The summed E-state index contributed by atoms with van der Waals surface area (Å²) < 4.78 is 34.9. The summed E-state index contributed by atoms with van der Waals surface area (Å²) in [6.45, 7) is 14.9. The molecule has 0 bridgehead atoms. The van der Waals surface area contributed by atoms with Gasteiger partial charge in [-0.25, -0.2) is 14.7 Å². The Morgan fingerprint density at radius 2 is 1.73 bits per heavy atom. The van der Waals surface area contributed by atoms with E-state index >= 15 is 0 Å². The van der Waals surface area contributed by atoms with Crippen LogP contribution in [0.3, 0.4) is 0 Å². The first-order chi connectivity index (χ1) is 31.8. The number of thiophene rings is 1. The first-order valence-corrected chi connectivity index (χ1v) is 24.0. The zero-order valence-electron chi connectivity index (χ0n) is 38.9. The Bertz CT molecular complexity index is 2260. The SMILES string of the molecule is C=O.CC(C)OC(=O)OCOP(=O)(Cc1ccc2sc(C(N)=O)cc2c1)OCO.CCN(CCC(=O)N1CCCC1)Cc1ccn2ccnc2c1.CCOO.CN1CC(c2cccnc2)C1.[Y]. The Labute approximate surface area is 421 Å². The molecular weight excluding hydrogens is 982 g/mol. The van der Waals surface area contributed by atoms with E-state index < -0.39 is 33.2 Å². The van der Waals surface area contributed by atoms with Gasteiger partial charge in [0.05, 0.1) is 23.7 Å². The van der Waals surface area contributed by atoms with Gasteiger partial charge in [-0.3, -0.25) is 38.3 Å². The number of primary amides is 1. The largest absolute Gasteiger partial charge is 0.510 e. The average molecular weight is 1050 g/mol. The molecule has 0 spiro atoms. The van der Waals surface area contributed by atoms with Gasteiger partial charge >= 0.3 is 13.8 Å². The molecular formula is C45H64N7O12PSY. The number of ether oxygens (including phenoxy) is 2. The van der Waals surface area contributed by atoms with Crippen LogP contribution in [0.5, 0.6) is 0 Å². The minimum Gasteiger partial charge on any atom is -0.432 e. The number of benzene rings is 1. The predicted molar refractivity (Wildman–Crippen MR) is 251 cm³/mol. The van der Waals surface area contributed by atoms with E-state index in [1.807, 2.05) is 53.1 Å². The first-order valence-electron chi connectivity index (χ1n) is 21.5. The van der Waals surface area contributed by atoms with Crippen LogP contribution in [0.4, 0.5) is 4.79 Å². The van der Waals surface area contributed by atoms with Gasteiger partial charge in [0.15, 0.2) is 6.79 Å². The van der Waals surface area contributed by atoms with E-state index in [4.69, 9.17) is 34.7 Å². The van der Waals surface area contributed by atoms with Gasteiger partial charge in [0, 0.05) is 120 Å². The summed E-state index contributed by atoms with van der Waals surface area (Å²) in [6, 6.07) is 15.2. The van der Waals surface area contributed by atoms with Crippen molar-refractivity contribution in [3.8, 4) is 0 Å². The molecule has 1 aromatic carbocycles. The molecule has 67 heavy (non-hydrogen) atoms. The van der Waals surface area contributed by atoms with Crippen molar-refractivity contribution in [2.75, 3.05) is 66.5 Å². The number of fused-ring (bicyclic) bond motifs is 2. The van der Waals surface area contributed by atoms with Gasteiger partial charge in [-0.2, -0.15) is 0 Å². The van der Waals surface area contributed by atoms with Gasteiger partial charge in [-0.05, 0) is 106 Å². The van der Waals surface area contributed by atoms with Crippen LogP contribution in [-0.4, -0.2) is 137 Å². The summed E-state index contributed by atoms with van der Waals surface area (Å²) in [5.74, 6) is 0.508. The fourth-order valence-electron chi connectivity index (χ4n) is 6.70. The topological polar surface area (TPSA) is 238 Å². The molecule has 0 aliphatic carbocycles. The molecule has 0 saturated carbocycles. The summed E-state index contributed by atoms with van der Waals surface area (Å²) in [6.07, 6.45) is 11.0. The summed E-state index contributed by atoms with van der Waals surface area (Å²) in [5, 5.41) is 17.1. The summed E-state index contributed by atoms with van der Waals surface area (Å²) in [5.41, 5.74) is 9.45. The predicted octanol–water partition coefficient (Wildman–Crippen LogP) is 6.78. The van der Waals surface area contributed by atoms with Crippen molar-refractivity contribution in [3.05, 3.63) is 101 Å². The van der Waals surface area contributed by atoms with Crippen molar-refractivity contribution in [1.82, 2.24) is 29.1 Å². The maximum absolute atomic E-state index is 12.7. The van der Waals surface area contributed by atoms with E-state index in [1.54, 1.807) is 45.0 Å². The smallest absolute Gasteiger partial charge is 0.432 e. The van der Waals surface area contributed by atoms with Gasteiger partial charge in [0.1, 0.15) is 12.4 Å². The number of rotatable bonds is 17. The number of likely N-dealkylation sites (N-methyl/N-ethyl adjacent to an activating group) is 1. The van der Waals surface area contributed by atoms with Gasteiger partial charge in [0.2, 0.25) is 12.7 Å². The fourth-order valence-corrected chi connectivity index (χ4v) is 8.88. The maximum atomic E-state index is 12.7. The minimum absolute atomic E-state index is 0. The zero-order chi connectivity index (χ0) is 48.5. The standard InChI is InChI=1S/C17H24N4O.C16H20NO8PS.C9H12N2.C2H6O2.CH2O.Y/c1-2-19(10-6-17(22)21-8-3-4-9-21)14-15-5-11-20-12-7-18-16(20)13-15;1-10(2)25-16(20)22-9-24-26(21,23-8-18)7-11-3-4-13-12(5-11)6-14(27-13)15(17)19;1-11-6-9(7-11)8-3-2-4-10-5-8;1-2-4-3;1-2;/h5,7,11-13H,2-4,6,8-10,14H2,1H3;3-6,10,18H,7-9H2,1-2H3,(H2,17,19);2-5,9H,6-7H2,1H3;3H,2H2,1H3;1H2;. The Hall–Kier alpha value is -4.05. The molecule has 1 atom stereocenters. The Kier molecular flexibility index (Phi) is 28.1. The van der Waals surface area contributed by atoms with Crippen molar-refractivity contribution in [2.45, 2.75) is 71.7 Å². The Morgan fingerprint density at radius 1 is 1.01 bits per heavy atom. The quantitative estimate of drug-likeness (QED) is 0.0286. The second-order valence-electron chi connectivity index (χ2n) is 15.2. The molecule has 2 aliphatic heterocycles. The van der Waals surface area contributed by atoms with E-state index in [1.165, 1.54) is 35.6 Å². The third-order valence-corrected chi connectivity index (χ3v) is 12.9. The molecule has 365 valence electrons. The minimum atomic E-state index is -3.79. The molecule has 1 unspecified atom stereocenters. The van der Waals surface area contributed by atoms with Gasteiger partial charge in [-0.15, -0.1) is 11.3 Å². The van der Waals surface area contributed by atoms with Crippen LogP contribution in [0.2, 0.25) is 0 Å². The normalized spacial score (nSPS) is 14.1. The van der Waals surface area contributed by atoms with Gasteiger partial charge < -0.3 is 39.3 Å². The second kappa shape index (κ2) is 31.9. The number of aliphatic hydroxyl groups is 1. The number of hydrogen-bond acceptors (Lipinski definition) is 17. The third kappa shape index (κ3) is 21.0.